The topological polar surface area (TPSA) is 202 Å². The first-order chi connectivity index (χ1) is 18.6. The maximum absolute atomic E-state index is 9.55. The number of pyridine rings is 1. The van der Waals surface area contributed by atoms with E-state index < -0.39 is 23.9 Å². The number of carboxylic acid groups (broad SMARTS) is 4. The van der Waals surface area contributed by atoms with Gasteiger partial charge in [-0.2, -0.15) is 0 Å². The molecule has 1 aliphatic heterocycles. The quantitative estimate of drug-likeness (QED) is 0.217. The van der Waals surface area contributed by atoms with Crippen LogP contribution in [0, 0.1) is 0 Å². The largest absolute Gasteiger partial charge is 0.478 e. The van der Waals surface area contributed by atoms with Crippen LogP contribution in [-0.4, -0.2) is 110 Å². The van der Waals surface area contributed by atoms with E-state index in [0.717, 1.165) is 75.8 Å². The Balaban J connectivity index is 0.000000393. The molecule has 0 saturated carbocycles. The molecule has 14 nitrogen and oxygen atoms in total. The van der Waals surface area contributed by atoms with Gasteiger partial charge < -0.3 is 34.5 Å². The summed E-state index contributed by atoms with van der Waals surface area (Å²) in [5.74, 6) is -3.91. The zero-order chi connectivity index (χ0) is 29.0. The molecule has 214 valence electrons. The molecule has 1 fully saturated rings. The second-order valence-corrected chi connectivity index (χ2v) is 7.80. The highest BCUT2D eigenvalue weighted by molar-refractivity contribution is 5.90. The van der Waals surface area contributed by atoms with Crippen LogP contribution in [0.5, 0.6) is 0 Å². The van der Waals surface area contributed by atoms with Crippen LogP contribution in [-0.2, 0) is 41.6 Å². The van der Waals surface area contributed by atoms with E-state index in [1.165, 1.54) is 0 Å². The van der Waals surface area contributed by atoms with Crippen molar-refractivity contribution in [1.29, 1.82) is 0 Å². The van der Waals surface area contributed by atoms with E-state index in [4.69, 9.17) is 34.9 Å². The Morgan fingerprint density at radius 3 is 2.03 bits per heavy atom. The van der Waals surface area contributed by atoms with Gasteiger partial charge in [-0.3, -0.25) is 4.90 Å². The van der Waals surface area contributed by atoms with Gasteiger partial charge in [0.25, 0.3) is 0 Å². The van der Waals surface area contributed by atoms with Gasteiger partial charge in [0.05, 0.1) is 19.8 Å². The van der Waals surface area contributed by atoms with Crippen molar-refractivity contribution >= 4 is 35.0 Å². The number of morpholine rings is 1. The molecule has 1 aliphatic rings. The van der Waals surface area contributed by atoms with Gasteiger partial charge in [0.1, 0.15) is 11.3 Å². The Kier molecular flexibility index (Phi) is 16.0. The van der Waals surface area contributed by atoms with Crippen molar-refractivity contribution in [3.05, 3.63) is 48.5 Å². The second kappa shape index (κ2) is 19.0. The minimum atomic E-state index is -1.26. The maximum Gasteiger partial charge on any atom is 0.328 e. The lowest BCUT2D eigenvalue weighted by molar-refractivity contribution is -0.134. The van der Waals surface area contributed by atoms with Crippen LogP contribution in [0.4, 0.5) is 0 Å². The number of nitrogens with zero attached hydrogens (tertiary/aromatic N) is 4. The predicted molar refractivity (Wildman–Crippen MR) is 138 cm³/mol. The Morgan fingerprint density at radius 2 is 1.51 bits per heavy atom. The third kappa shape index (κ3) is 15.0. The first-order valence-corrected chi connectivity index (χ1v) is 12.1. The number of rotatable bonds is 12. The van der Waals surface area contributed by atoms with Crippen LogP contribution in [0.25, 0.3) is 11.2 Å². The summed E-state index contributed by atoms with van der Waals surface area (Å²) in [6.07, 6.45) is 6.14. The normalized spacial score (nSPS) is 13.5. The Labute approximate surface area is 224 Å². The summed E-state index contributed by atoms with van der Waals surface area (Å²) in [6.45, 7) is 9.19. The number of aliphatic carboxylic acids is 4. The smallest absolute Gasteiger partial charge is 0.328 e. The van der Waals surface area contributed by atoms with Gasteiger partial charge in [-0.1, -0.05) is 0 Å². The Bertz CT molecular complexity index is 1060. The molecule has 3 rings (SSSR count). The van der Waals surface area contributed by atoms with Crippen molar-refractivity contribution in [3.8, 4) is 0 Å². The molecular formula is C25H34N4O10. The highest BCUT2D eigenvalue weighted by atomic mass is 16.5. The van der Waals surface area contributed by atoms with Crippen molar-refractivity contribution in [3.63, 3.8) is 0 Å². The molecule has 0 aliphatic carbocycles. The van der Waals surface area contributed by atoms with Crippen LogP contribution in [0.15, 0.2) is 42.6 Å². The van der Waals surface area contributed by atoms with Gasteiger partial charge >= 0.3 is 23.9 Å². The highest BCUT2D eigenvalue weighted by Crippen LogP contribution is 2.15. The molecule has 2 aromatic heterocycles. The molecule has 0 unspecified atom stereocenters. The van der Waals surface area contributed by atoms with Crippen molar-refractivity contribution in [2.24, 2.45) is 0 Å². The van der Waals surface area contributed by atoms with E-state index in [2.05, 4.69) is 14.5 Å². The number of hydrogen-bond donors (Lipinski definition) is 4. The van der Waals surface area contributed by atoms with Crippen LogP contribution >= 0.6 is 0 Å². The first kappa shape index (κ1) is 32.9. The van der Waals surface area contributed by atoms with Gasteiger partial charge in [0.15, 0.2) is 5.65 Å². The SMILES string of the molecule is CCOCCn1c(CCCN2CCOCC2)nc2cccnc21.O=C(O)/C=C/C(=O)O.O=C(O)/C=C/C(=O)O. The number of aromatic nitrogens is 3. The lowest BCUT2D eigenvalue weighted by Crippen LogP contribution is -2.37. The van der Waals surface area contributed by atoms with E-state index in [9.17, 15) is 19.2 Å². The molecule has 1 saturated heterocycles. The second-order valence-electron chi connectivity index (χ2n) is 7.80. The molecule has 0 aromatic carbocycles. The average molecular weight is 551 g/mol. The summed E-state index contributed by atoms with van der Waals surface area (Å²) in [7, 11) is 0. The lowest BCUT2D eigenvalue weighted by atomic mass is 10.2. The number of carboxylic acids is 4. The van der Waals surface area contributed by atoms with Gasteiger partial charge in [0, 0.05) is 63.2 Å². The van der Waals surface area contributed by atoms with E-state index in [-0.39, 0.29) is 0 Å². The molecule has 4 N–H and O–H groups in total. The predicted octanol–water partition coefficient (Wildman–Crippen LogP) is 1.16. The van der Waals surface area contributed by atoms with E-state index in [1.807, 2.05) is 25.3 Å². The molecule has 0 spiro atoms. The molecule has 2 aromatic rings. The lowest BCUT2D eigenvalue weighted by Gasteiger charge is -2.26. The molecule has 0 bridgehead atoms. The summed E-state index contributed by atoms with van der Waals surface area (Å²) in [5, 5.41) is 31.2. The molecule has 14 heteroatoms. The van der Waals surface area contributed by atoms with Crippen molar-refractivity contribution < 1.29 is 49.1 Å². The van der Waals surface area contributed by atoms with Gasteiger partial charge in [0.2, 0.25) is 0 Å². The van der Waals surface area contributed by atoms with Crippen LogP contribution in [0.2, 0.25) is 0 Å². The minimum absolute atomic E-state index is 0.558. The maximum atomic E-state index is 9.55. The molecular weight excluding hydrogens is 516 g/mol. The summed E-state index contributed by atoms with van der Waals surface area (Å²) in [6, 6.07) is 3.98. The molecule has 3 heterocycles. The van der Waals surface area contributed by atoms with Crippen LogP contribution < -0.4 is 0 Å². The van der Waals surface area contributed by atoms with Gasteiger partial charge in [-0.15, -0.1) is 0 Å². The van der Waals surface area contributed by atoms with Gasteiger partial charge in [-0.05, 0) is 32.0 Å². The minimum Gasteiger partial charge on any atom is -0.478 e. The van der Waals surface area contributed by atoms with E-state index in [0.29, 0.717) is 30.9 Å². The number of fused-ring (bicyclic) bond motifs is 1. The van der Waals surface area contributed by atoms with E-state index in [1.54, 1.807) is 0 Å². The Morgan fingerprint density at radius 1 is 0.949 bits per heavy atom. The summed E-state index contributed by atoms with van der Waals surface area (Å²) in [5.41, 5.74) is 1.94. The summed E-state index contributed by atoms with van der Waals surface area (Å²) >= 11 is 0. The molecule has 0 atom stereocenters. The summed E-state index contributed by atoms with van der Waals surface area (Å²) in [4.78, 5) is 50.0. The highest BCUT2D eigenvalue weighted by Gasteiger charge is 2.13. The van der Waals surface area contributed by atoms with Gasteiger partial charge in [-0.25, -0.2) is 29.1 Å². The fourth-order valence-electron chi connectivity index (χ4n) is 3.30. The zero-order valence-corrected chi connectivity index (χ0v) is 21.6. The number of ether oxygens (including phenoxy) is 2. The molecule has 0 amide bonds. The third-order valence-electron chi connectivity index (χ3n) is 4.96. The number of imidazole rings is 1. The van der Waals surface area contributed by atoms with Crippen LogP contribution in [0.1, 0.15) is 19.2 Å². The number of hydrogen-bond acceptors (Lipinski definition) is 9. The third-order valence-corrected chi connectivity index (χ3v) is 4.96. The zero-order valence-electron chi connectivity index (χ0n) is 21.6. The fourth-order valence-corrected chi connectivity index (χ4v) is 3.30. The first-order valence-electron chi connectivity index (χ1n) is 12.1. The average Bonchev–Trinajstić information content (AvgIpc) is 3.25. The molecule has 0 radical (unpaired) electrons. The fraction of sp³-hybridized carbons (Fsp3) is 0.440. The van der Waals surface area contributed by atoms with Crippen LogP contribution in [0.3, 0.4) is 0 Å². The van der Waals surface area contributed by atoms with E-state index >= 15 is 0 Å². The molecule has 39 heavy (non-hydrogen) atoms. The number of aryl methyl sites for hydroxylation is 1. The van der Waals surface area contributed by atoms with Crippen molar-refractivity contribution in [2.45, 2.75) is 26.3 Å². The van der Waals surface area contributed by atoms with Crippen molar-refractivity contribution in [2.75, 3.05) is 46.1 Å². The number of carbonyl (C=O) groups is 4. The Hall–Kier alpha value is -4.14. The summed E-state index contributed by atoms with van der Waals surface area (Å²) < 4.78 is 13.1. The standard InChI is InChI=1S/C17H26N4O2.2C4H4O4/c1-2-22-14-11-21-16(19-15-5-3-7-18-17(15)21)6-4-8-20-9-12-23-13-10-20;2*5-3(6)1-2-4(7)8/h3,5,7H,2,4,6,8-14H2,1H3;2*1-2H,(H,5,6)(H,7,8)/b;2*2-1+. The van der Waals surface area contributed by atoms with Crippen molar-refractivity contribution in [1.82, 2.24) is 19.4 Å². The monoisotopic (exact) mass is 550 g/mol.